The van der Waals surface area contributed by atoms with Gasteiger partial charge < -0.3 is 15.2 Å². The molecule has 3 nitrogen and oxygen atoms in total. The van der Waals surface area contributed by atoms with Crippen molar-refractivity contribution in [2.24, 2.45) is 5.73 Å². The lowest BCUT2D eigenvalue weighted by Crippen LogP contribution is -1.93. The zero-order chi connectivity index (χ0) is 9.68. The van der Waals surface area contributed by atoms with Gasteiger partial charge in [0.2, 0.25) is 0 Å². The van der Waals surface area contributed by atoms with Crippen LogP contribution < -0.4 is 15.2 Å². The highest BCUT2D eigenvalue weighted by molar-refractivity contribution is 7.99. The van der Waals surface area contributed by atoms with Gasteiger partial charge in [-0.2, -0.15) is 0 Å². The summed E-state index contributed by atoms with van der Waals surface area (Å²) in [6, 6.07) is 5.74. The Labute approximate surface area is 82.2 Å². The molecule has 1 aromatic rings. The molecular formula is C9H13NO2S. The summed E-state index contributed by atoms with van der Waals surface area (Å²) in [5.41, 5.74) is 5.41. The molecule has 0 bridgehead atoms. The van der Waals surface area contributed by atoms with Gasteiger partial charge in [-0.1, -0.05) is 0 Å². The summed E-state index contributed by atoms with van der Waals surface area (Å²) in [6.07, 6.45) is 0. The van der Waals surface area contributed by atoms with E-state index in [0.29, 0.717) is 5.88 Å². The van der Waals surface area contributed by atoms with Gasteiger partial charge in [-0.05, 0) is 18.2 Å². The van der Waals surface area contributed by atoms with E-state index in [1.165, 1.54) is 0 Å². The van der Waals surface area contributed by atoms with Gasteiger partial charge in [-0.25, -0.2) is 0 Å². The van der Waals surface area contributed by atoms with E-state index in [1.807, 2.05) is 18.2 Å². The van der Waals surface area contributed by atoms with E-state index in [4.69, 9.17) is 15.2 Å². The van der Waals surface area contributed by atoms with Crippen LogP contribution in [0.2, 0.25) is 0 Å². The van der Waals surface area contributed by atoms with Crippen LogP contribution in [0.15, 0.2) is 23.1 Å². The van der Waals surface area contributed by atoms with Crippen LogP contribution in [0.3, 0.4) is 0 Å². The van der Waals surface area contributed by atoms with E-state index in [-0.39, 0.29) is 0 Å². The minimum Gasteiger partial charge on any atom is -0.493 e. The summed E-state index contributed by atoms with van der Waals surface area (Å²) >= 11 is 1.57. The molecule has 2 N–H and O–H groups in total. The number of methoxy groups -OCH3 is 2. The second-order valence-electron chi connectivity index (χ2n) is 2.33. The summed E-state index contributed by atoms with van der Waals surface area (Å²) < 4.78 is 10.2. The largest absolute Gasteiger partial charge is 0.493 e. The molecule has 0 heterocycles. The van der Waals surface area contributed by atoms with Crippen molar-refractivity contribution in [3.8, 4) is 11.5 Å². The number of thioether (sulfide) groups is 1. The number of benzene rings is 1. The zero-order valence-electron chi connectivity index (χ0n) is 7.74. The van der Waals surface area contributed by atoms with Gasteiger partial charge in [0.05, 0.1) is 14.2 Å². The summed E-state index contributed by atoms with van der Waals surface area (Å²) in [4.78, 5) is 1.08. The van der Waals surface area contributed by atoms with E-state index in [9.17, 15) is 0 Å². The molecule has 4 heteroatoms. The lowest BCUT2D eigenvalue weighted by molar-refractivity contribution is 0.354. The van der Waals surface area contributed by atoms with Gasteiger partial charge in [-0.15, -0.1) is 11.8 Å². The third-order valence-electron chi connectivity index (χ3n) is 1.61. The molecule has 0 aliphatic rings. The average Bonchev–Trinajstić information content (AvgIpc) is 2.18. The van der Waals surface area contributed by atoms with E-state index < -0.39 is 0 Å². The Morgan fingerprint density at radius 2 is 1.92 bits per heavy atom. The van der Waals surface area contributed by atoms with Gasteiger partial charge in [0.25, 0.3) is 0 Å². The van der Waals surface area contributed by atoms with E-state index in [1.54, 1.807) is 26.0 Å². The Balaban J connectivity index is 2.91. The first-order chi connectivity index (χ1) is 6.31. The molecule has 0 fully saturated rings. The molecule has 0 radical (unpaired) electrons. The summed E-state index contributed by atoms with van der Waals surface area (Å²) in [6.45, 7) is 0. The Hall–Kier alpha value is -0.870. The third-order valence-corrected chi connectivity index (χ3v) is 2.36. The molecule has 0 saturated heterocycles. The van der Waals surface area contributed by atoms with Crippen molar-refractivity contribution in [2.75, 3.05) is 20.1 Å². The maximum atomic E-state index is 5.41. The van der Waals surface area contributed by atoms with Crippen LogP contribution >= 0.6 is 11.8 Å². The molecule has 1 aromatic carbocycles. The SMILES string of the molecule is COc1ccc(SCN)cc1OC. The highest BCUT2D eigenvalue weighted by Crippen LogP contribution is 2.31. The Morgan fingerprint density at radius 3 is 2.46 bits per heavy atom. The Morgan fingerprint density at radius 1 is 1.23 bits per heavy atom. The lowest BCUT2D eigenvalue weighted by Gasteiger charge is -2.08. The second kappa shape index (κ2) is 4.99. The number of rotatable bonds is 4. The van der Waals surface area contributed by atoms with Crippen LogP contribution in [-0.2, 0) is 0 Å². The smallest absolute Gasteiger partial charge is 0.161 e. The number of hydrogen-bond donors (Lipinski definition) is 1. The first-order valence-corrected chi connectivity index (χ1v) is 4.85. The molecule has 0 aliphatic carbocycles. The summed E-state index contributed by atoms with van der Waals surface area (Å²) in [5.74, 6) is 2.04. The fraction of sp³-hybridized carbons (Fsp3) is 0.333. The van der Waals surface area contributed by atoms with Crippen molar-refractivity contribution in [1.82, 2.24) is 0 Å². The van der Waals surface area contributed by atoms with Crippen LogP contribution in [0.4, 0.5) is 0 Å². The van der Waals surface area contributed by atoms with Crippen LogP contribution in [0.1, 0.15) is 0 Å². The molecule has 0 amide bonds. The number of ether oxygens (including phenoxy) is 2. The first kappa shape index (κ1) is 10.2. The predicted octanol–water partition coefficient (Wildman–Crippen LogP) is 1.71. The molecule has 0 unspecified atom stereocenters. The van der Waals surface area contributed by atoms with Gasteiger partial charge in [0.1, 0.15) is 0 Å². The van der Waals surface area contributed by atoms with Gasteiger partial charge in [0.15, 0.2) is 11.5 Å². The average molecular weight is 199 g/mol. The molecule has 0 spiro atoms. The lowest BCUT2D eigenvalue weighted by atomic mass is 10.3. The van der Waals surface area contributed by atoms with Crippen LogP contribution in [-0.4, -0.2) is 20.1 Å². The first-order valence-electron chi connectivity index (χ1n) is 3.86. The quantitative estimate of drug-likeness (QED) is 0.592. The number of nitrogens with two attached hydrogens (primary N) is 1. The van der Waals surface area contributed by atoms with Crippen LogP contribution in [0.25, 0.3) is 0 Å². The van der Waals surface area contributed by atoms with Gasteiger partial charge in [0, 0.05) is 10.8 Å². The summed E-state index contributed by atoms with van der Waals surface area (Å²) in [7, 11) is 3.24. The minimum absolute atomic E-state index is 0.565. The van der Waals surface area contributed by atoms with E-state index >= 15 is 0 Å². The third kappa shape index (κ3) is 2.54. The second-order valence-corrected chi connectivity index (χ2v) is 3.42. The van der Waals surface area contributed by atoms with E-state index in [0.717, 1.165) is 16.4 Å². The van der Waals surface area contributed by atoms with Crippen molar-refractivity contribution in [1.29, 1.82) is 0 Å². The van der Waals surface area contributed by atoms with Gasteiger partial charge in [-0.3, -0.25) is 0 Å². The summed E-state index contributed by atoms with van der Waals surface area (Å²) in [5, 5.41) is 0. The van der Waals surface area contributed by atoms with Crippen molar-refractivity contribution in [3.05, 3.63) is 18.2 Å². The zero-order valence-corrected chi connectivity index (χ0v) is 8.56. The standard InChI is InChI=1S/C9H13NO2S/c1-11-8-4-3-7(13-6-10)5-9(8)12-2/h3-5H,6,10H2,1-2H3. The number of hydrogen-bond acceptors (Lipinski definition) is 4. The highest BCUT2D eigenvalue weighted by atomic mass is 32.2. The highest BCUT2D eigenvalue weighted by Gasteiger charge is 2.03. The molecule has 0 atom stereocenters. The Bertz CT molecular complexity index is 278. The fourth-order valence-electron chi connectivity index (χ4n) is 1.00. The molecular weight excluding hydrogens is 186 g/mol. The van der Waals surface area contributed by atoms with Crippen molar-refractivity contribution < 1.29 is 9.47 Å². The van der Waals surface area contributed by atoms with Crippen molar-refractivity contribution in [3.63, 3.8) is 0 Å². The van der Waals surface area contributed by atoms with Crippen molar-refractivity contribution in [2.45, 2.75) is 4.90 Å². The topological polar surface area (TPSA) is 44.5 Å². The molecule has 72 valence electrons. The molecule has 13 heavy (non-hydrogen) atoms. The fourth-order valence-corrected chi connectivity index (χ4v) is 1.55. The molecule has 0 aromatic heterocycles. The Kier molecular flexibility index (Phi) is 3.92. The molecule has 1 rings (SSSR count). The molecule has 0 aliphatic heterocycles. The maximum absolute atomic E-state index is 5.41. The predicted molar refractivity (Wildman–Crippen MR) is 54.5 cm³/mol. The minimum atomic E-state index is 0.565. The molecule has 0 saturated carbocycles. The van der Waals surface area contributed by atoms with Crippen LogP contribution in [0.5, 0.6) is 11.5 Å². The van der Waals surface area contributed by atoms with Crippen molar-refractivity contribution >= 4 is 11.8 Å². The van der Waals surface area contributed by atoms with Gasteiger partial charge >= 0.3 is 0 Å². The maximum Gasteiger partial charge on any atom is 0.161 e. The monoisotopic (exact) mass is 199 g/mol. The van der Waals surface area contributed by atoms with E-state index in [2.05, 4.69) is 0 Å². The normalized spacial score (nSPS) is 9.77. The van der Waals surface area contributed by atoms with Crippen LogP contribution in [0, 0.1) is 0 Å².